The fraction of sp³-hybridized carbons (Fsp3) is 0.750. The fourth-order valence-electron chi connectivity index (χ4n) is 2.37. The van der Waals surface area contributed by atoms with Gasteiger partial charge in [0.1, 0.15) is 0 Å². The summed E-state index contributed by atoms with van der Waals surface area (Å²) in [6, 6.07) is 0. The van der Waals surface area contributed by atoms with E-state index in [0.29, 0.717) is 5.41 Å². The van der Waals surface area contributed by atoms with Crippen LogP contribution in [0.1, 0.15) is 38.8 Å². The third-order valence-corrected chi connectivity index (χ3v) is 3.45. The zero-order chi connectivity index (χ0) is 10.7. The third-order valence-electron chi connectivity index (χ3n) is 3.45. The maximum atomic E-state index is 4.30. The number of aromatic nitrogens is 2. The van der Waals surface area contributed by atoms with E-state index in [0.717, 1.165) is 19.6 Å². The molecule has 1 aliphatic rings. The van der Waals surface area contributed by atoms with Crippen LogP contribution in [0.5, 0.6) is 0 Å². The van der Waals surface area contributed by atoms with Crippen molar-refractivity contribution in [3.05, 3.63) is 18.2 Å². The van der Waals surface area contributed by atoms with Crippen molar-refractivity contribution in [2.45, 2.75) is 45.1 Å². The van der Waals surface area contributed by atoms with Crippen LogP contribution in [-0.2, 0) is 12.0 Å². The number of rotatable bonds is 4. The number of nitrogens with one attached hydrogen (secondary N) is 1. The van der Waals surface area contributed by atoms with Crippen molar-refractivity contribution in [2.75, 3.05) is 13.1 Å². The van der Waals surface area contributed by atoms with E-state index in [9.17, 15) is 0 Å². The van der Waals surface area contributed by atoms with Gasteiger partial charge >= 0.3 is 0 Å². The average Bonchev–Trinajstić information content (AvgIpc) is 2.84. The summed E-state index contributed by atoms with van der Waals surface area (Å²) in [6.45, 7) is 7.91. The molecule has 0 aliphatic carbocycles. The Balaban J connectivity index is 2.16. The molecule has 2 rings (SSSR count). The van der Waals surface area contributed by atoms with E-state index in [1.807, 2.05) is 12.5 Å². The molecule has 1 aromatic rings. The lowest BCUT2D eigenvalue weighted by molar-refractivity contribution is 0.465. The summed E-state index contributed by atoms with van der Waals surface area (Å²) in [5, 5.41) is 3.44. The Bertz CT molecular complexity index is 310. The molecular weight excluding hydrogens is 186 g/mol. The maximum Gasteiger partial charge on any atom is 0.0948 e. The van der Waals surface area contributed by atoms with Gasteiger partial charge in [-0.1, -0.05) is 20.3 Å². The summed E-state index contributed by atoms with van der Waals surface area (Å²) in [7, 11) is 0. The van der Waals surface area contributed by atoms with E-state index in [1.165, 1.54) is 25.0 Å². The number of aryl methyl sites for hydroxylation is 1. The molecule has 0 saturated carbocycles. The highest BCUT2D eigenvalue weighted by Crippen LogP contribution is 2.29. The Labute approximate surface area is 91.9 Å². The second-order valence-corrected chi connectivity index (χ2v) is 4.81. The second-order valence-electron chi connectivity index (χ2n) is 4.81. The molecule has 1 atom stereocenters. The lowest BCUT2D eigenvalue weighted by atomic mass is 9.86. The first-order chi connectivity index (χ1) is 7.26. The predicted octanol–water partition coefficient (Wildman–Crippen LogP) is 1.93. The Morgan fingerprint density at radius 2 is 2.47 bits per heavy atom. The quantitative estimate of drug-likeness (QED) is 0.817. The number of hydrogen-bond acceptors (Lipinski definition) is 2. The highest BCUT2D eigenvalue weighted by Gasteiger charge is 2.33. The molecule has 1 aliphatic heterocycles. The minimum Gasteiger partial charge on any atom is -0.334 e. The fourth-order valence-corrected chi connectivity index (χ4v) is 2.37. The first-order valence-electron chi connectivity index (χ1n) is 5.97. The first kappa shape index (κ1) is 10.7. The van der Waals surface area contributed by atoms with Gasteiger partial charge in [0.25, 0.3) is 0 Å². The maximum absolute atomic E-state index is 4.30. The van der Waals surface area contributed by atoms with Gasteiger partial charge in [0.05, 0.1) is 6.33 Å². The van der Waals surface area contributed by atoms with Crippen LogP contribution in [0, 0.1) is 0 Å². The molecule has 84 valence electrons. The zero-order valence-corrected chi connectivity index (χ0v) is 9.79. The summed E-state index contributed by atoms with van der Waals surface area (Å²) < 4.78 is 2.33. The van der Waals surface area contributed by atoms with Crippen molar-refractivity contribution in [3.63, 3.8) is 0 Å². The van der Waals surface area contributed by atoms with Gasteiger partial charge in [0.2, 0.25) is 0 Å². The zero-order valence-electron chi connectivity index (χ0n) is 9.79. The van der Waals surface area contributed by atoms with Crippen LogP contribution in [0.15, 0.2) is 12.5 Å². The Morgan fingerprint density at radius 1 is 1.60 bits per heavy atom. The number of hydrogen-bond donors (Lipinski definition) is 1. The Kier molecular flexibility index (Phi) is 3.10. The minimum absolute atomic E-state index is 0.296. The molecule has 3 heteroatoms. The molecule has 1 saturated heterocycles. The van der Waals surface area contributed by atoms with Crippen molar-refractivity contribution in [1.82, 2.24) is 14.9 Å². The molecule has 0 aromatic carbocycles. The van der Waals surface area contributed by atoms with Gasteiger partial charge in [-0.15, -0.1) is 0 Å². The molecule has 3 nitrogen and oxygen atoms in total. The summed E-state index contributed by atoms with van der Waals surface area (Å²) in [6.07, 6.45) is 7.74. The largest absolute Gasteiger partial charge is 0.334 e. The van der Waals surface area contributed by atoms with Gasteiger partial charge in [-0.3, -0.25) is 0 Å². The number of nitrogens with zero attached hydrogens (tertiary/aromatic N) is 2. The van der Waals surface area contributed by atoms with Gasteiger partial charge in [-0.25, -0.2) is 4.98 Å². The standard InChI is InChI=1S/C12H21N3/c1-3-4-7-15-10-14-8-11(15)12(2)5-6-13-9-12/h8,10,13H,3-7,9H2,1-2H3. The number of imidazole rings is 1. The number of unbranched alkanes of at least 4 members (excludes halogenated alkanes) is 1. The van der Waals surface area contributed by atoms with E-state index in [1.54, 1.807) is 0 Å². The van der Waals surface area contributed by atoms with Crippen LogP contribution in [0.4, 0.5) is 0 Å². The molecule has 1 unspecified atom stereocenters. The van der Waals surface area contributed by atoms with E-state index >= 15 is 0 Å². The van der Waals surface area contributed by atoms with Crippen LogP contribution < -0.4 is 5.32 Å². The molecule has 0 amide bonds. The van der Waals surface area contributed by atoms with E-state index in [2.05, 4.69) is 28.7 Å². The van der Waals surface area contributed by atoms with Crippen LogP contribution in [0.2, 0.25) is 0 Å². The summed E-state index contributed by atoms with van der Waals surface area (Å²) >= 11 is 0. The average molecular weight is 207 g/mol. The molecule has 1 aromatic heterocycles. The van der Waals surface area contributed by atoms with Gasteiger partial charge in [0.15, 0.2) is 0 Å². The lowest BCUT2D eigenvalue weighted by Crippen LogP contribution is -2.28. The normalized spacial score (nSPS) is 26.0. The topological polar surface area (TPSA) is 29.9 Å². The molecule has 1 fully saturated rings. The van der Waals surface area contributed by atoms with Crippen molar-refractivity contribution in [1.29, 1.82) is 0 Å². The summed E-state index contributed by atoms with van der Waals surface area (Å²) in [4.78, 5) is 4.30. The molecule has 2 heterocycles. The van der Waals surface area contributed by atoms with Gasteiger partial charge in [0, 0.05) is 30.4 Å². The first-order valence-corrected chi connectivity index (χ1v) is 5.97. The van der Waals surface area contributed by atoms with E-state index in [4.69, 9.17) is 0 Å². The highest BCUT2D eigenvalue weighted by molar-refractivity contribution is 5.17. The van der Waals surface area contributed by atoms with E-state index in [-0.39, 0.29) is 0 Å². The van der Waals surface area contributed by atoms with Crippen molar-refractivity contribution in [3.8, 4) is 0 Å². The molecular formula is C12H21N3. The van der Waals surface area contributed by atoms with Crippen molar-refractivity contribution < 1.29 is 0 Å². The second kappa shape index (κ2) is 4.35. The van der Waals surface area contributed by atoms with E-state index < -0.39 is 0 Å². The van der Waals surface area contributed by atoms with Crippen LogP contribution >= 0.6 is 0 Å². The molecule has 15 heavy (non-hydrogen) atoms. The van der Waals surface area contributed by atoms with Gasteiger partial charge < -0.3 is 9.88 Å². The van der Waals surface area contributed by atoms with Gasteiger partial charge in [-0.2, -0.15) is 0 Å². The van der Waals surface area contributed by atoms with Crippen LogP contribution in [0.25, 0.3) is 0 Å². The SMILES string of the molecule is CCCCn1cncc1C1(C)CCNC1. The Hall–Kier alpha value is -0.830. The Morgan fingerprint density at radius 3 is 3.13 bits per heavy atom. The molecule has 0 spiro atoms. The smallest absolute Gasteiger partial charge is 0.0948 e. The minimum atomic E-state index is 0.296. The monoisotopic (exact) mass is 207 g/mol. The van der Waals surface area contributed by atoms with Crippen LogP contribution in [0.3, 0.4) is 0 Å². The van der Waals surface area contributed by atoms with Crippen molar-refractivity contribution >= 4 is 0 Å². The molecule has 1 N–H and O–H groups in total. The highest BCUT2D eigenvalue weighted by atomic mass is 15.1. The lowest BCUT2D eigenvalue weighted by Gasteiger charge is -2.24. The predicted molar refractivity (Wildman–Crippen MR) is 62.0 cm³/mol. The van der Waals surface area contributed by atoms with Crippen molar-refractivity contribution in [2.24, 2.45) is 0 Å². The summed E-state index contributed by atoms with van der Waals surface area (Å²) in [5.41, 5.74) is 1.70. The van der Waals surface area contributed by atoms with Gasteiger partial charge in [-0.05, 0) is 19.4 Å². The molecule has 0 bridgehead atoms. The van der Waals surface area contributed by atoms with Crippen LogP contribution in [-0.4, -0.2) is 22.6 Å². The third kappa shape index (κ3) is 2.07. The molecule has 0 radical (unpaired) electrons. The summed E-state index contributed by atoms with van der Waals surface area (Å²) in [5.74, 6) is 0.